The Hall–Kier alpha value is -2.34. The maximum atomic E-state index is 11.9. The van der Waals surface area contributed by atoms with Crippen LogP contribution in [0.1, 0.15) is 57.4 Å². The second-order valence-corrected chi connectivity index (χ2v) is 8.08. The third kappa shape index (κ3) is 6.09. The monoisotopic (exact) mass is 404 g/mol. The summed E-state index contributed by atoms with van der Waals surface area (Å²) in [6.45, 7) is 11.1. The first-order chi connectivity index (χ1) is 13.2. The number of unbranched alkanes of at least 4 members (excludes halogenated alkanes) is 1. The Labute approximate surface area is 171 Å². The molecule has 0 fully saturated rings. The van der Waals surface area contributed by atoms with Gasteiger partial charge in [0.05, 0.1) is 17.5 Å². The molecule has 1 aromatic carbocycles. The van der Waals surface area contributed by atoms with Crippen molar-refractivity contribution in [2.75, 3.05) is 6.61 Å². The van der Waals surface area contributed by atoms with Crippen LogP contribution >= 0.6 is 11.6 Å². The molecular formula is C21H29ClN4O2. The van der Waals surface area contributed by atoms with E-state index < -0.39 is 0 Å². The van der Waals surface area contributed by atoms with Crippen molar-refractivity contribution >= 4 is 23.7 Å². The number of nitrogens with one attached hydrogen (secondary N) is 1. The van der Waals surface area contributed by atoms with Crippen molar-refractivity contribution in [1.82, 2.24) is 15.2 Å². The number of benzene rings is 1. The molecule has 1 heterocycles. The van der Waals surface area contributed by atoms with Gasteiger partial charge in [-0.15, -0.1) is 0 Å². The summed E-state index contributed by atoms with van der Waals surface area (Å²) in [5, 5.41) is 8.90. The normalized spacial score (nSPS) is 11.8. The van der Waals surface area contributed by atoms with E-state index in [-0.39, 0.29) is 17.9 Å². The van der Waals surface area contributed by atoms with E-state index in [2.05, 4.69) is 43.3 Å². The number of aromatic nitrogens is 2. The second-order valence-electron chi connectivity index (χ2n) is 7.72. The van der Waals surface area contributed by atoms with Gasteiger partial charge in [-0.25, -0.2) is 5.43 Å². The van der Waals surface area contributed by atoms with Crippen LogP contribution in [-0.2, 0) is 16.8 Å². The average molecular weight is 405 g/mol. The van der Waals surface area contributed by atoms with Gasteiger partial charge in [-0.05, 0) is 36.5 Å². The number of hydrogen-bond acceptors (Lipinski definition) is 4. The molecule has 0 aliphatic rings. The molecule has 2 aromatic rings. The Morgan fingerprint density at radius 1 is 1.32 bits per heavy atom. The molecule has 1 amide bonds. The first kappa shape index (κ1) is 22.0. The van der Waals surface area contributed by atoms with Gasteiger partial charge in [0.15, 0.2) is 6.61 Å². The molecule has 7 heteroatoms. The molecule has 0 aliphatic heterocycles. The highest BCUT2D eigenvalue weighted by atomic mass is 35.5. The Morgan fingerprint density at radius 2 is 2.00 bits per heavy atom. The summed E-state index contributed by atoms with van der Waals surface area (Å²) in [4.78, 5) is 11.9. The molecule has 0 saturated heterocycles. The van der Waals surface area contributed by atoms with Gasteiger partial charge >= 0.3 is 0 Å². The fourth-order valence-corrected chi connectivity index (χ4v) is 2.88. The largest absolute Gasteiger partial charge is 0.484 e. The van der Waals surface area contributed by atoms with E-state index in [9.17, 15) is 4.79 Å². The molecule has 6 nitrogen and oxygen atoms in total. The SMILES string of the molecule is CCCCn1nc(C)c(/C=N/NC(=O)COc2ccc(C(C)(C)C)cc2)c1Cl. The van der Waals surface area contributed by atoms with Crippen LogP contribution in [0, 0.1) is 6.92 Å². The zero-order valence-corrected chi connectivity index (χ0v) is 18.0. The molecule has 0 atom stereocenters. The Morgan fingerprint density at radius 3 is 2.61 bits per heavy atom. The third-order valence-corrected chi connectivity index (χ3v) is 4.70. The first-order valence-electron chi connectivity index (χ1n) is 9.50. The van der Waals surface area contributed by atoms with E-state index in [0.29, 0.717) is 16.5 Å². The van der Waals surface area contributed by atoms with Crippen LogP contribution in [0.3, 0.4) is 0 Å². The summed E-state index contributed by atoms with van der Waals surface area (Å²) in [7, 11) is 0. The number of carbonyl (C=O) groups excluding carboxylic acids is 1. The number of aryl methyl sites for hydroxylation is 2. The van der Waals surface area contributed by atoms with E-state index in [0.717, 1.165) is 25.1 Å². The van der Waals surface area contributed by atoms with Gasteiger partial charge in [-0.3, -0.25) is 9.48 Å². The predicted octanol–water partition coefficient (Wildman–Crippen LogP) is 4.47. The van der Waals surface area contributed by atoms with Gasteiger partial charge < -0.3 is 4.74 Å². The Balaban J connectivity index is 1.86. The van der Waals surface area contributed by atoms with Crippen molar-refractivity contribution in [2.45, 2.75) is 59.4 Å². The van der Waals surface area contributed by atoms with E-state index in [1.807, 2.05) is 31.2 Å². The van der Waals surface area contributed by atoms with Gasteiger partial charge in [-0.2, -0.15) is 10.2 Å². The Kier molecular flexibility index (Phi) is 7.63. The first-order valence-corrected chi connectivity index (χ1v) is 9.88. The summed E-state index contributed by atoms with van der Waals surface area (Å²) in [5.74, 6) is 0.298. The minimum atomic E-state index is -0.344. The highest BCUT2D eigenvalue weighted by Gasteiger charge is 2.13. The lowest BCUT2D eigenvalue weighted by atomic mass is 9.87. The summed E-state index contributed by atoms with van der Waals surface area (Å²) < 4.78 is 7.26. The molecule has 1 N–H and O–H groups in total. The molecular weight excluding hydrogens is 376 g/mol. The van der Waals surface area contributed by atoms with Gasteiger partial charge in [0.25, 0.3) is 5.91 Å². The van der Waals surface area contributed by atoms with Crippen LogP contribution in [0.4, 0.5) is 0 Å². The number of amides is 1. The van der Waals surface area contributed by atoms with Gasteiger partial charge in [0.2, 0.25) is 0 Å². The van der Waals surface area contributed by atoms with Crippen LogP contribution in [0.15, 0.2) is 29.4 Å². The average Bonchev–Trinajstić information content (AvgIpc) is 2.91. The fraction of sp³-hybridized carbons (Fsp3) is 0.476. The van der Waals surface area contributed by atoms with E-state index in [1.165, 1.54) is 11.8 Å². The lowest BCUT2D eigenvalue weighted by Gasteiger charge is -2.19. The maximum absolute atomic E-state index is 11.9. The van der Waals surface area contributed by atoms with Crippen molar-refractivity contribution in [2.24, 2.45) is 5.10 Å². The number of rotatable bonds is 8. The molecule has 0 radical (unpaired) electrons. The summed E-state index contributed by atoms with van der Waals surface area (Å²) >= 11 is 6.34. The third-order valence-electron chi connectivity index (χ3n) is 4.31. The highest BCUT2D eigenvalue weighted by Crippen LogP contribution is 2.24. The lowest BCUT2D eigenvalue weighted by Crippen LogP contribution is -2.24. The fourth-order valence-electron chi connectivity index (χ4n) is 2.57. The van der Waals surface area contributed by atoms with Gasteiger partial charge in [0.1, 0.15) is 10.9 Å². The number of ether oxygens (including phenoxy) is 1. The van der Waals surface area contributed by atoms with Gasteiger partial charge in [0, 0.05) is 6.54 Å². The number of nitrogens with zero attached hydrogens (tertiary/aromatic N) is 3. The highest BCUT2D eigenvalue weighted by molar-refractivity contribution is 6.32. The standard InChI is InChI=1S/C21H29ClN4O2/c1-6-7-12-26-20(22)18(15(2)25-26)13-23-24-19(27)14-28-17-10-8-16(9-11-17)21(3,4)5/h8-11,13H,6-7,12,14H2,1-5H3,(H,24,27)/b23-13+. The molecule has 0 bridgehead atoms. The zero-order valence-electron chi connectivity index (χ0n) is 17.3. The molecule has 0 saturated carbocycles. The molecule has 0 aliphatic carbocycles. The van der Waals surface area contributed by atoms with E-state index in [1.54, 1.807) is 4.68 Å². The maximum Gasteiger partial charge on any atom is 0.277 e. The van der Waals surface area contributed by atoms with E-state index in [4.69, 9.17) is 16.3 Å². The topological polar surface area (TPSA) is 68.5 Å². The molecule has 152 valence electrons. The summed E-state index contributed by atoms with van der Waals surface area (Å²) in [6, 6.07) is 7.74. The zero-order chi connectivity index (χ0) is 20.7. The molecule has 1 aromatic heterocycles. The minimum absolute atomic E-state index is 0.0777. The smallest absolute Gasteiger partial charge is 0.277 e. The quantitative estimate of drug-likeness (QED) is 0.521. The van der Waals surface area contributed by atoms with Crippen LogP contribution in [-0.4, -0.2) is 28.5 Å². The summed E-state index contributed by atoms with van der Waals surface area (Å²) in [5.41, 5.74) is 5.22. The Bertz CT molecular complexity index is 820. The molecule has 0 unspecified atom stereocenters. The van der Waals surface area contributed by atoms with Gasteiger partial charge in [-0.1, -0.05) is 57.8 Å². The van der Waals surface area contributed by atoms with Crippen molar-refractivity contribution in [3.8, 4) is 5.75 Å². The number of carbonyl (C=O) groups is 1. The van der Waals surface area contributed by atoms with Crippen molar-refractivity contribution in [1.29, 1.82) is 0 Å². The van der Waals surface area contributed by atoms with Crippen molar-refractivity contribution < 1.29 is 9.53 Å². The second kappa shape index (κ2) is 9.73. The number of hydrogen-bond donors (Lipinski definition) is 1. The van der Waals surface area contributed by atoms with Crippen LogP contribution in [0.2, 0.25) is 5.15 Å². The van der Waals surface area contributed by atoms with E-state index >= 15 is 0 Å². The molecule has 0 spiro atoms. The van der Waals surface area contributed by atoms with Crippen molar-refractivity contribution in [3.05, 3.63) is 46.2 Å². The van der Waals surface area contributed by atoms with Crippen LogP contribution in [0.25, 0.3) is 0 Å². The molecule has 2 rings (SSSR count). The minimum Gasteiger partial charge on any atom is -0.484 e. The number of halogens is 1. The number of hydrazone groups is 1. The summed E-state index contributed by atoms with van der Waals surface area (Å²) in [6.07, 6.45) is 3.58. The van der Waals surface area contributed by atoms with Crippen LogP contribution in [0.5, 0.6) is 5.75 Å². The lowest BCUT2D eigenvalue weighted by molar-refractivity contribution is -0.123. The van der Waals surface area contributed by atoms with Crippen molar-refractivity contribution in [3.63, 3.8) is 0 Å². The molecule has 28 heavy (non-hydrogen) atoms. The van der Waals surface area contributed by atoms with Crippen LogP contribution < -0.4 is 10.2 Å². The predicted molar refractivity (Wildman–Crippen MR) is 113 cm³/mol.